The number of halogens is 3. The number of piperazine rings is 1. The van der Waals surface area contributed by atoms with Crippen molar-refractivity contribution in [3.05, 3.63) is 28.0 Å². The number of hydrogen-bond donors (Lipinski definition) is 1. The molecule has 0 radical (unpaired) electrons. The molecule has 0 atom stereocenters. The van der Waals surface area contributed by atoms with E-state index in [1.165, 1.54) is 44.2 Å². The largest absolute Gasteiger partial charge is 0.366 e. The highest BCUT2D eigenvalue weighted by Gasteiger charge is 2.37. The quantitative estimate of drug-likeness (QED) is 0.833. The summed E-state index contributed by atoms with van der Waals surface area (Å²) in [7, 11) is 0. The molecular formula is C15H19Cl2FN2. The summed E-state index contributed by atoms with van der Waals surface area (Å²) >= 11 is 12.4. The fourth-order valence-electron chi connectivity index (χ4n) is 3.55. The molecule has 0 bridgehead atoms. The van der Waals surface area contributed by atoms with Crippen molar-refractivity contribution < 1.29 is 4.39 Å². The molecule has 1 spiro atoms. The molecule has 1 heterocycles. The van der Waals surface area contributed by atoms with E-state index in [-0.39, 0.29) is 11.4 Å². The first kappa shape index (κ1) is 14.4. The van der Waals surface area contributed by atoms with Crippen LogP contribution < -0.4 is 10.2 Å². The van der Waals surface area contributed by atoms with E-state index >= 15 is 0 Å². The average molecular weight is 317 g/mol. The Labute approximate surface area is 129 Å². The molecule has 1 aliphatic heterocycles. The van der Waals surface area contributed by atoms with Crippen LogP contribution in [0.15, 0.2) is 12.1 Å². The van der Waals surface area contributed by atoms with Gasteiger partial charge in [0.25, 0.3) is 0 Å². The van der Waals surface area contributed by atoms with Crippen LogP contribution >= 0.6 is 23.2 Å². The van der Waals surface area contributed by atoms with Crippen molar-refractivity contribution in [2.75, 3.05) is 24.5 Å². The van der Waals surface area contributed by atoms with Crippen LogP contribution in [-0.4, -0.2) is 25.2 Å². The molecule has 1 aromatic carbocycles. The van der Waals surface area contributed by atoms with Crippen molar-refractivity contribution in [1.29, 1.82) is 0 Å². The van der Waals surface area contributed by atoms with E-state index in [2.05, 4.69) is 10.2 Å². The molecule has 2 nitrogen and oxygen atoms in total. The summed E-state index contributed by atoms with van der Waals surface area (Å²) in [5.41, 5.74) is 0.957. The first-order chi connectivity index (χ1) is 9.60. The zero-order chi connectivity index (χ0) is 14.2. The van der Waals surface area contributed by atoms with Gasteiger partial charge in [0.1, 0.15) is 5.82 Å². The summed E-state index contributed by atoms with van der Waals surface area (Å²) in [5, 5.41) is 4.49. The van der Waals surface area contributed by atoms with Gasteiger partial charge >= 0.3 is 0 Å². The predicted molar refractivity (Wildman–Crippen MR) is 82.5 cm³/mol. The van der Waals surface area contributed by atoms with Crippen molar-refractivity contribution in [2.24, 2.45) is 0 Å². The second-order valence-electron chi connectivity index (χ2n) is 5.91. The summed E-state index contributed by atoms with van der Waals surface area (Å²) in [6.07, 6.45) is 6.25. The zero-order valence-electron chi connectivity index (χ0n) is 11.4. The second kappa shape index (κ2) is 5.70. The van der Waals surface area contributed by atoms with Gasteiger partial charge in [-0.2, -0.15) is 0 Å². The molecule has 5 heteroatoms. The van der Waals surface area contributed by atoms with Crippen molar-refractivity contribution in [2.45, 2.75) is 37.6 Å². The Morgan fingerprint density at radius 2 is 1.75 bits per heavy atom. The van der Waals surface area contributed by atoms with Crippen LogP contribution in [0.3, 0.4) is 0 Å². The summed E-state index contributed by atoms with van der Waals surface area (Å²) in [6, 6.07) is 2.69. The SMILES string of the molecule is Fc1cc(Cl)c(N2CCNC3(CCCCC3)C2)c(Cl)c1. The van der Waals surface area contributed by atoms with E-state index in [1.54, 1.807) is 0 Å². The minimum atomic E-state index is -0.383. The summed E-state index contributed by atoms with van der Waals surface area (Å²) in [5.74, 6) is -0.383. The molecule has 1 saturated carbocycles. The van der Waals surface area contributed by atoms with Crippen LogP contribution in [0.1, 0.15) is 32.1 Å². The molecule has 1 aliphatic carbocycles. The molecule has 1 saturated heterocycles. The standard InChI is InChI=1S/C15H19Cl2FN2/c16-12-8-11(18)9-13(17)14(12)20-7-6-19-15(10-20)4-2-1-3-5-15/h8-9,19H,1-7,10H2. The van der Waals surface area contributed by atoms with Crippen molar-refractivity contribution in [1.82, 2.24) is 5.32 Å². The lowest BCUT2D eigenvalue weighted by molar-refractivity contribution is 0.216. The average Bonchev–Trinajstić information content (AvgIpc) is 2.38. The zero-order valence-corrected chi connectivity index (χ0v) is 12.9. The lowest BCUT2D eigenvalue weighted by Crippen LogP contribution is -2.61. The molecule has 2 fully saturated rings. The van der Waals surface area contributed by atoms with Gasteiger partial charge in [-0.25, -0.2) is 4.39 Å². The maximum atomic E-state index is 13.3. The van der Waals surface area contributed by atoms with Gasteiger partial charge in [-0.1, -0.05) is 42.5 Å². The van der Waals surface area contributed by atoms with Gasteiger partial charge < -0.3 is 10.2 Å². The van der Waals surface area contributed by atoms with Crippen LogP contribution in [0.25, 0.3) is 0 Å². The van der Waals surface area contributed by atoms with Gasteiger partial charge in [0, 0.05) is 25.2 Å². The van der Waals surface area contributed by atoms with Gasteiger partial charge in [-0.15, -0.1) is 0 Å². The minimum absolute atomic E-state index is 0.178. The van der Waals surface area contributed by atoms with Crippen LogP contribution in [0.5, 0.6) is 0 Å². The Balaban J connectivity index is 1.87. The number of benzene rings is 1. The molecule has 0 aromatic heterocycles. The van der Waals surface area contributed by atoms with E-state index in [0.29, 0.717) is 10.0 Å². The Morgan fingerprint density at radius 1 is 1.10 bits per heavy atom. The molecule has 1 N–H and O–H groups in total. The van der Waals surface area contributed by atoms with Crippen molar-refractivity contribution in [3.8, 4) is 0 Å². The highest BCUT2D eigenvalue weighted by atomic mass is 35.5. The maximum absolute atomic E-state index is 13.3. The van der Waals surface area contributed by atoms with Gasteiger partial charge in [-0.3, -0.25) is 0 Å². The van der Waals surface area contributed by atoms with Crippen LogP contribution in [0, 0.1) is 5.82 Å². The number of rotatable bonds is 1. The van der Waals surface area contributed by atoms with Crippen LogP contribution in [0.2, 0.25) is 10.0 Å². The van der Waals surface area contributed by atoms with Crippen LogP contribution in [0.4, 0.5) is 10.1 Å². The summed E-state index contributed by atoms with van der Waals surface area (Å²) in [4.78, 5) is 2.21. The van der Waals surface area contributed by atoms with Crippen molar-refractivity contribution in [3.63, 3.8) is 0 Å². The van der Waals surface area contributed by atoms with E-state index in [9.17, 15) is 4.39 Å². The maximum Gasteiger partial charge on any atom is 0.126 e. The van der Waals surface area contributed by atoms with Crippen molar-refractivity contribution >= 4 is 28.9 Å². The Kier molecular flexibility index (Phi) is 4.11. The number of hydrogen-bond acceptors (Lipinski definition) is 2. The van der Waals surface area contributed by atoms with Crippen LogP contribution in [-0.2, 0) is 0 Å². The van der Waals surface area contributed by atoms with Gasteiger partial charge in [-0.05, 0) is 25.0 Å². The van der Waals surface area contributed by atoms with E-state index in [1.807, 2.05) is 0 Å². The van der Waals surface area contributed by atoms with Gasteiger partial charge in [0.2, 0.25) is 0 Å². The number of anilines is 1. The second-order valence-corrected chi connectivity index (χ2v) is 6.72. The smallest absolute Gasteiger partial charge is 0.126 e. The third-order valence-electron chi connectivity index (χ3n) is 4.48. The first-order valence-electron chi connectivity index (χ1n) is 7.24. The number of nitrogens with zero attached hydrogens (tertiary/aromatic N) is 1. The monoisotopic (exact) mass is 316 g/mol. The third-order valence-corrected chi connectivity index (χ3v) is 5.06. The Hall–Kier alpha value is -0.510. The molecule has 20 heavy (non-hydrogen) atoms. The highest BCUT2D eigenvalue weighted by Crippen LogP contribution is 2.38. The predicted octanol–water partition coefficient (Wildman–Crippen LogP) is 4.25. The Morgan fingerprint density at radius 3 is 2.40 bits per heavy atom. The molecule has 1 aromatic rings. The molecule has 3 rings (SSSR count). The normalized spacial score (nSPS) is 22.2. The molecule has 0 unspecified atom stereocenters. The van der Waals surface area contributed by atoms with Gasteiger partial charge in [0.15, 0.2) is 0 Å². The number of nitrogens with one attached hydrogen (secondary N) is 1. The van der Waals surface area contributed by atoms with Gasteiger partial charge in [0.05, 0.1) is 15.7 Å². The van der Waals surface area contributed by atoms with E-state index in [0.717, 1.165) is 25.3 Å². The molecule has 110 valence electrons. The summed E-state index contributed by atoms with van der Waals surface area (Å²) < 4.78 is 13.3. The topological polar surface area (TPSA) is 15.3 Å². The highest BCUT2D eigenvalue weighted by molar-refractivity contribution is 6.39. The lowest BCUT2D eigenvalue weighted by atomic mass is 9.80. The Bertz CT molecular complexity index is 472. The lowest BCUT2D eigenvalue weighted by Gasteiger charge is -2.47. The first-order valence-corrected chi connectivity index (χ1v) is 8.00. The molecule has 0 amide bonds. The fraction of sp³-hybridized carbons (Fsp3) is 0.600. The molecular weight excluding hydrogens is 298 g/mol. The van der Waals surface area contributed by atoms with E-state index < -0.39 is 0 Å². The summed E-state index contributed by atoms with van der Waals surface area (Å²) in [6.45, 7) is 2.68. The molecule has 2 aliphatic rings. The third kappa shape index (κ3) is 2.76. The minimum Gasteiger partial charge on any atom is -0.366 e. The fourth-order valence-corrected chi connectivity index (χ4v) is 4.25. The van der Waals surface area contributed by atoms with E-state index in [4.69, 9.17) is 23.2 Å².